The molecule has 0 radical (unpaired) electrons. The molecule has 0 saturated carbocycles. The number of hydrogen-bond acceptors (Lipinski definition) is 6. The predicted molar refractivity (Wildman–Crippen MR) is 69.0 cm³/mol. The van der Waals surface area contributed by atoms with Crippen molar-refractivity contribution in [2.45, 2.75) is 13.8 Å². The fourth-order valence-corrected chi connectivity index (χ4v) is 1.86. The second-order valence-electron chi connectivity index (χ2n) is 4.27. The summed E-state index contributed by atoms with van der Waals surface area (Å²) in [5, 5.41) is 10.5. The van der Waals surface area contributed by atoms with Gasteiger partial charge in [0.2, 0.25) is 5.82 Å². The predicted octanol–water partition coefficient (Wildman–Crippen LogP) is 1.72. The van der Waals surface area contributed by atoms with Crippen LogP contribution in [-0.2, 0) is 0 Å². The summed E-state index contributed by atoms with van der Waals surface area (Å²) in [6.45, 7) is 3.85. The third-order valence-electron chi connectivity index (χ3n) is 2.59. The van der Waals surface area contributed by atoms with Crippen LogP contribution in [0.15, 0.2) is 22.7 Å². The largest absolute Gasteiger partial charge is 0.382 e. The highest BCUT2D eigenvalue weighted by molar-refractivity contribution is 5.59. The molecule has 96 valence electrons. The van der Waals surface area contributed by atoms with Crippen LogP contribution in [0.3, 0.4) is 0 Å². The summed E-state index contributed by atoms with van der Waals surface area (Å²) in [7, 11) is 0. The molecule has 3 aromatic heterocycles. The van der Waals surface area contributed by atoms with Crippen molar-refractivity contribution < 1.29 is 4.52 Å². The summed E-state index contributed by atoms with van der Waals surface area (Å²) in [4.78, 5) is 8.62. The molecule has 0 bridgehead atoms. The monoisotopic (exact) mass is 256 g/mol. The van der Waals surface area contributed by atoms with E-state index in [1.165, 1.54) is 0 Å². The van der Waals surface area contributed by atoms with Gasteiger partial charge in [0.25, 0.3) is 5.89 Å². The SMILES string of the molecule is Cc1cc(-c2noc(-c3cc(N)n[nH]3)n2)cc(C)n1. The molecule has 3 rings (SSSR count). The van der Waals surface area contributed by atoms with Crippen molar-refractivity contribution in [3.63, 3.8) is 0 Å². The fraction of sp³-hybridized carbons (Fsp3) is 0.167. The van der Waals surface area contributed by atoms with Crippen molar-refractivity contribution >= 4 is 5.82 Å². The first-order valence-electron chi connectivity index (χ1n) is 5.72. The van der Waals surface area contributed by atoms with E-state index in [2.05, 4.69) is 25.3 Å². The lowest BCUT2D eigenvalue weighted by atomic mass is 10.2. The Morgan fingerprint density at radius 3 is 2.47 bits per heavy atom. The van der Waals surface area contributed by atoms with Gasteiger partial charge in [-0.05, 0) is 26.0 Å². The van der Waals surface area contributed by atoms with Crippen LogP contribution in [0.1, 0.15) is 11.4 Å². The molecule has 0 spiro atoms. The lowest BCUT2D eigenvalue weighted by Gasteiger charge is -1.98. The quantitative estimate of drug-likeness (QED) is 0.723. The van der Waals surface area contributed by atoms with Gasteiger partial charge >= 0.3 is 0 Å². The van der Waals surface area contributed by atoms with Crippen molar-refractivity contribution in [3.8, 4) is 23.0 Å². The van der Waals surface area contributed by atoms with E-state index in [9.17, 15) is 0 Å². The molecule has 7 nitrogen and oxygen atoms in total. The molecule has 3 heterocycles. The molecular formula is C12H12N6O. The summed E-state index contributed by atoms with van der Waals surface area (Å²) in [5.74, 6) is 1.24. The third-order valence-corrected chi connectivity index (χ3v) is 2.59. The summed E-state index contributed by atoms with van der Waals surface area (Å²) in [6.07, 6.45) is 0. The topological polar surface area (TPSA) is 107 Å². The summed E-state index contributed by atoms with van der Waals surface area (Å²) in [6, 6.07) is 5.45. The molecule has 7 heteroatoms. The Morgan fingerprint density at radius 2 is 1.84 bits per heavy atom. The standard InChI is InChI=1S/C12H12N6O/c1-6-3-8(4-7(2)14-6)11-15-12(19-18-11)9-5-10(13)17-16-9/h3-5H,1-2H3,(H3,13,16,17). The average molecular weight is 256 g/mol. The fourth-order valence-electron chi connectivity index (χ4n) is 1.86. The van der Waals surface area contributed by atoms with Gasteiger partial charge in [-0.2, -0.15) is 10.1 Å². The Hall–Kier alpha value is -2.70. The van der Waals surface area contributed by atoms with Gasteiger partial charge in [-0.25, -0.2) is 0 Å². The highest BCUT2D eigenvalue weighted by atomic mass is 16.5. The molecule has 3 aromatic rings. The molecule has 0 unspecified atom stereocenters. The molecule has 0 fully saturated rings. The zero-order valence-electron chi connectivity index (χ0n) is 10.5. The van der Waals surface area contributed by atoms with Crippen LogP contribution >= 0.6 is 0 Å². The maximum atomic E-state index is 5.53. The molecule has 0 aliphatic rings. The number of nitrogens with two attached hydrogens (primary N) is 1. The van der Waals surface area contributed by atoms with Crippen molar-refractivity contribution in [1.29, 1.82) is 0 Å². The molecule has 0 aliphatic carbocycles. The van der Waals surface area contributed by atoms with E-state index >= 15 is 0 Å². The number of anilines is 1. The van der Waals surface area contributed by atoms with E-state index in [1.807, 2.05) is 26.0 Å². The van der Waals surface area contributed by atoms with E-state index in [1.54, 1.807) is 6.07 Å². The van der Waals surface area contributed by atoms with Gasteiger partial charge in [0.15, 0.2) is 0 Å². The van der Waals surface area contributed by atoms with E-state index in [0.29, 0.717) is 23.2 Å². The first-order valence-corrected chi connectivity index (χ1v) is 5.72. The van der Waals surface area contributed by atoms with E-state index in [4.69, 9.17) is 10.3 Å². The first kappa shape index (κ1) is 11.4. The number of aromatic nitrogens is 5. The molecule has 3 N–H and O–H groups in total. The highest BCUT2D eigenvalue weighted by Crippen LogP contribution is 2.22. The van der Waals surface area contributed by atoms with Crippen molar-refractivity contribution in [1.82, 2.24) is 25.3 Å². The maximum Gasteiger partial charge on any atom is 0.276 e. The van der Waals surface area contributed by atoms with Crippen LogP contribution in [0.4, 0.5) is 5.82 Å². The molecule has 0 atom stereocenters. The van der Waals surface area contributed by atoms with Gasteiger partial charge in [-0.1, -0.05) is 5.16 Å². The lowest BCUT2D eigenvalue weighted by Crippen LogP contribution is -1.89. The van der Waals surface area contributed by atoms with Crippen LogP contribution < -0.4 is 5.73 Å². The highest BCUT2D eigenvalue weighted by Gasteiger charge is 2.13. The number of aromatic amines is 1. The Balaban J connectivity index is 2.01. The van der Waals surface area contributed by atoms with E-state index in [0.717, 1.165) is 17.0 Å². The number of nitrogen functional groups attached to an aromatic ring is 1. The molecular weight excluding hydrogens is 244 g/mol. The van der Waals surface area contributed by atoms with Crippen LogP contribution in [-0.4, -0.2) is 25.3 Å². The maximum absolute atomic E-state index is 5.53. The Bertz CT molecular complexity index is 709. The Morgan fingerprint density at radius 1 is 1.11 bits per heavy atom. The number of pyridine rings is 1. The van der Waals surface area contributed by atoms with E-state index < -0.39 is 0 Å². The van der Waals surface area contributed by atoms with Gasteiger partial charge < -0.3 is 10.3 Å². The van der Waals surface area contributed by atoms with Crippen molar-refractivity contribution in [2.75, 3.05) is 5.73 Å². The number of aryl methyl sites for hydroxylation is 2. The Labute approximate surface area is 108 Å². The van der Waals surface area contributed by atoms with Crippen LogP contribution in [0, 0.1) is 13.8 Å². The van der Waals surface area contributed by atoms with E-state index in [-0.39, 0.29) is 0 Å². The minimum Gasteiger partial charge on any atom is -0.382 e. The smallest absolute Gasteiger partial charge is 0.276 e. The number of nitrogens with zero attached hydrogens (tertiary/aromatic N) is 4. The summed E-state index contributed by atoms with van der Waals surface area (Å²) < 4.78 is 5.19. The zero-order chi connectivity index (χ0) is 13.4. The molecule has 0 amide bonds. The molecule has 19 heavy (non-hydrogen) atoms. The number of hydrogen-bond donors (Lipinski definition) is 2. The second kappa shape index (κ2) is 4.20. The minimum atomic E-state index is 0.353. The molecule has 0 aromatic carbocycles. The lowest BCUT2D eigenvalue weighted by molar-refractivity contribution is 0.431. The second-order valence-corrected chi connectivity index (χ2v) is 4.27. The van der Waals surface area contributed by atoms with Crippen LogP contribution in [0.5, 0.6) is 0 Å². The molecule has 0 saturated heterocycles. The first-order chi connectivity index (χ1) is 9.11. The van der Waals surface area contributed by atoms with Crippen LogP contribution in [0.2, 0.25) is 0 Å². The third kappa shape index (κ3) is 2.17. The van der Waals surface area contributed by atoms with Crippen LogP contribution in [0.25, 0.3) is 23.0 Å². The average Bonchev–Trinajstić information content (AvgIpc) is 2.95. The number of rotatable bonds is 2. The van der Waals surface area contributed by atoms with Gasteiger partial charge in [0.05, 0.1) is 0 Å². The van der Waals surface area contributed by atoms with Crippen molar-refractivity contribution in [2.24, 2.45) is 0 Å². The zero-order valence-corrected chi connectivity index (χ0v) is 10.5. The van der Waals surface area contributed by atoms with Crippen molar-refractivity contribution in [3.05, 3.63) is 29.6 Å². The van der Waals surface area contributed by atoms with Gasteiger partial charge in [0, 0.05) is 23.0 Å². The van der Waals surface area contributed by atoms with Gasteiger partial charge in [-0.15, -0.1) is 0 Å². The minimum absolute atomic E-state index is 0.353. The van der Waals surface area contributed by atoms with Gasteiger partial charge in [0.1, 0.15) is 11.5 Å². The number of H-pyrrole nitrogens is 1. The summed E-state index contributed by atoms with van der Waals surface area (Å²) in [5.41, 5.74) is 8.82. The Kier molecular flexibility index (Phi) is 2.52. The molecule has 0 aliphatic heterocycles. The number of nitrogens with one attached hydrogen (secondary N) is 1. The normalized spacial score (nSPS) is 10.8. The summed E-state index contributed by atoms with van der Waals surface area (Å²) >= 11 is 0. The van der Waals surface area contributed by atoms with Gasteiger partial charge in [-0.3, -0.25) is 10.1 Å².